The lowest BCUT2D eigenvalue weighted by Crippen LogP contribution is -2.35. The Hall–Kier alpha value is -2.50. The quantitative estimate of drug-likeness (QED) is 0.450. The highest BCUT2D eigenvalue weighted by Crippen LogP contribution is 2.28. The van der Waals surface area contributed by atoms with Crippen molar-refractivity contribution in [2.75, 3.05) is 20.3 Å². The van der Waals surface area contributed by atoms with Crippen molar-refractivity contribution in [2.45, 2.75) is 57.9 Å². The molecule has 0 aromatic heterocycles. The minimum absolute atomic E-state index is 0.000391. The summed E-state index contributed by atoms with van der Waals surface area (Å²) in [6, 6.07) is 5.87. The fraction of sp³-hybridized carbons (Fsp3) is 0.545. The van der Waals surface area contributed by atoms with E-state index in [1.807, 2.05) is 18.2 Å². The van der Waals surface area contributed by atoms with E-state index in [2.05, 4.69) is 17.6 Å². The van der Waals surface area contributed by atoms with Gasteiger partial charge in [0.2, 0.25) is 11.8 Å². The maximum absolute atomic E-state index is 12.0. The van der Waals surface area contributed by atoms with Gasteiger partial charge in [0, 0.05) is 25.1 Å². The van der Waals surface area contributed by atoms with Gasteiger partial charge in [0.15, 0.2) is 11.5 Å². The summed E-state index contributed by atoms with van der Waals surface area (Å²) in [5.41, 5.74) is 0.841. The van der Waals surface area contributed by atoms with Crippen LogP contribution in [-0.4, -0.2) is 38.1 Å². The third kappa shape index (κ3) is 7.62. The van der Waals surface area contributed by atoms with Gasteiger partial charge in [0.05, 0.1) is 13.7 Å². The summed E-state index contributed by atoms with van der Waals surface area (Å²) < 4.78 is 11.1. The first-order valence-corrected chi connectivity index (χ1v) is 10.2. The van der Waals surface area contributed by atoms with Gasteiger partial charge in [-0.1, -0.05) is 32.3 Å². The summed E-state index contributed by atoms with van der Waals surface area (Å²) in [5, 5.41) is 5.75. The lowest BCUT2D eigenvalue weighted by Gasteiger charge is -2.11. The van der Waals surface area contributed by atoms with E-state index < -0.39 is 0 Å². The van der Waals surface area contributed by atoms with Gasteiger partial charge in [-0.25, -0.2) is 0 Å². The molecule has 0 atom stereocenters. The standard InChI is InChI=1S/C22H32N2O4/c1-3-4-15-28-19-11-9-17(16-20(19)27-2)10-12-21(25)23-14-13-22(26)24-18-7-5-6-8-18/h9-12,16,18H,3-8,13-15H2,1-2H3,(H,23,25)(H,24,26). The number of rotatable bonds is 11. The van der Waals surface area contributed by atoms with Gasteiger partial charge in [-0.15, -0.1) is 0 Å². The van der Waals surface area contributed by atoms with E-state index in [0.29, 0.717) is 37.1 Å². The van der Waals surface area contributed by atoms with Crippen molar-refractivity contribution in [2.24, 2.45) is 0 Å². The topological polar surface area (TPSA) is 76.7 Å². The molecule has 1 aromatic carbocycles. The van der Waals surface area contributed by atoms with Crippen LogP contribution in [0.2, 0.25) is 0 Å². The lowest BCUT2D eigenvalue weighted by atomic mass is 10.2. The number of benzene rings is 1. The summed E-state index contributed by atoms with van der Waals surface area (Å²) in [6.45, 7) is 3.09. The monoisotopic (exact) mass is 388 g/mol. The minimum atomic E-state index is -0.226. The first kappa shape index (κ1) is 21.8. The molecule has 1 fully saturated rings. The van der Waals surface area contributed by atoms with Gasteiger partial charge in [0.1, 0.15) is 0 Å². The van der Waals surface area contributed by atoms with E-state index in [9.17, 15) is 9.59 Å². The van der Waals surface area contributed by atoms with Crippen LogP contribution in [0.4, 0.5) is 0 Å². The van der Waals surface area contributed by atoms with Crippen LogP contribution in [0.5, 0.6) is 11.5 Å². The Morgan fingerprint density at radius 3 is 2.71 bits per heavy atom. The molecule has 0 bridgehead atoms. The van der Waals surface area contributed by atoms with E-state index in [4.69, 9.17) is 9.47 Å². The highest BCUT2D eigenvalue weighted by Gasteiger charge is 2.16. The maximum Gasteiger partial charge on any atom is 0.244 e. The predicted molar refractivity (Wildman–Crippen MR) is 110 cm³/mol. The van der Waals surface area contributed by atoms with Crippen LogP contribution in [0.1, 0.15) is 57.4 Å². The molecule has 0 radical (unpaired) electrons. The van der Waals surface area contributed by atoms with E-state index in [1.54, 1.807) is 13.2 Å². The second kappa shape index (κ2) is 12.1. The molecule has 154 valence electrons. The van der Waals surface area contributed by atoms with Crippen molar-refractivity contribution in [3.8, 4) is 11.5 Å². The zero-order valence-electron chi connectivity index (χ0n) is 17.0. The van der Waals surface area contributed by atoms with Crippen LogP contribution in [0.3, 0.4) is 0 Å². The normalized spacial score (nSPS) is 14.2. The molecule has 2 N–H and O–H groups in total. The van der Waals surface area contributed by atoms with Crippen molar-refractivity contribution in [3.63, 3.8) is 0 Å². The molecule has 0 spiro atoms. The molecule has 6 nitrogen and oxygen atoms in total. The number of carbonyl (C=O) groups excluding carboxylic acids is 2. The average molecular weight is 389 g/mol. The lowest BCUT2D eigenvalue weighted by molar-refractivity contribution is -0.121. The molecule has 1 aromatic rings. The van der Waals surface area contributed by atoms with Gasteiger partial charge in [0.25, 0.3) is 0 Å². The molecule has 2 amide bonds. The van der Waals surface area contributed by atoms with Gasteiger partial charge in [-0.3, -0.25) is 9.59 Å². The van der Waals surface area contributed by atoms with Crippen molar-refractivity contribution in [3.05, 3.63) is 29.8 Å². The third-order valence-electron chi connectivity index (χ3n) is 4.74. The van der Waals surface area contributed by atoms with Crippen LogP contribution in [0.25, 0.3) is 6.08 Å². The zero-order valence-corrected chi connectivity index (χ0v) is 17.0. The highest BCUT2D eigenvalue weighted by molar-refractivity contribution is 5.92. The number of amides is 2. The first-order chi connectivity index (χ1) is 13.6. The molecule has 0 unspecified atom stereocenters. The number of methoxy groups -OCH3 is 1. The van der Waals surface area contributed by atoms with Crippen LogP contribution < -0.4 is 20.1 Å². The zero-order chi connectivity index (χ0) is 20.2. The molecule has 6 heteroatoms. The molecule has 28 heavy (non-hydrogen) atoms. The van der Waals surface area contributed by atoms with Crippen LogP contribution >= 0.6 is 0 Å². The summed E-state index contributed by atoms with van der Waals surface area (Å²) in [7, 11) is 1.60. The molecular weight excluding hydrogens is 356 g/mol. The number of carbonyl (C=O) groups is 2. The van der Waals surface area contributed by atoms with Crippen molar-refractivity contribution in [1.82, 2.24) is 10.6 Å². The summed E-state index contributed by atoms with van der Waals surface area (Å²) in [5.74, 6) is 1.11. The molecule has 0 heterocycles. The number of nitrogens with one attached hydrogen (secondary N) is 2. The second-order valence-corrected chi connectivity index (χ2v) is 7.04. The molecule has 2 rings (SSSR count). The fourth-order valence-corrected chi connectivity index (χ4v) is 3.13. The third-order valence-corrected chi connectivity index (χ3v) is 4.74. The van der Waals surface area contributed by atoms with E-state index in [1.165, 1.54) is 18.9 Å². The van der Waals surface area contributed by atoms with Crippen molar-refractivity contribution in [1.29, 1.82) is 0 Å². The Morgan fingerprint density at radius 2 is 2.00 bits per heavy atom. The van der Waals surface area contributed by atoms with Gasteiger partial charge >= 0.3 is 0 Å². The number of hydrogen-bond donors (Lipinski definition) is 2. The van der Waals surface area contributed by atoms with Gasteiger partial charge in [-0.05, 0) is 43.0 Å². The predicted octanol–water partition coefficient (Wildman–Crippen LogP) is 3.45. The highest BCUT2D eigenvalue weighted by atomic mass is 16.5. The molecule has 0 saturated heterocycles. The maximum atomic E-state index is 12.0. The van der Waals surface area contributed by atoms with Crippen molar-refractivity contribution >= 4 is 17.9 Å². The van der Waals surface area contributed by atoms with E-state index in [0.717, 1.165) is 31.2 Å². The Morgan fingerprint density at radius 1 is 1.21 bits per heavy atom. The largest absolute Gasteiger partial charge is 0.493 e. The smallest absolute Gasteiger partial charge is 0.244 e. The summed E-state index contributed by atoms with van der Waals surface area (Å²) in [4.78, 5) is 23.8. The molecule has 0 aliphatic heterocycles. The van der Waals surface area contributed by atoms with Crippen LogP contribution in [-0.2, 0) is 9.59 Å². The Bertz CT molecular complexity index is 667. The SMILES string of the molecule is CCCCOc1ccc(C=CC(=O)NCCC(=O)NC2CCCC2)cc1OC. The average Bonchev–Trinajstić information content (AvgIpc) is 3.20. The number of unbranched alkanes of at least 4 members (excludes halogenated alkanes) is 1. The summed E-state index contributed by atoms with van der Waals surface area (Å²) >= 11 is 0. The fourth-order valence-electron chi connectivity index (χ4n) is 3.13. The van der Waals surface area contributed by atoms with Crippen molar-refractivity contribution < 1.29 is 19.1 Å². The Kier molecular flexibility index (Phi) is 9.39. The number of ether oxygens (including phenoxy) is 2. The van der Waals surface area contributed by atoms with Gasteiger partial charge < -0.3 is 20.1 Å². The van der Waals surface area contributed by atoms with Gasteiger partial charge in [-0.2, -0.15) is 0 Å². The van der Waals surface area contributed by atoms with E-state index in [-0.39, 0.29) is 11.8 Å². The Balaban J connectivity index is 1.75. The van der Waals surface area contributed by atoms with Crippen LogP contribution in [0, 0.1) is 0 Å². The molecule has 1 aliphatic carbocycles. The second-order valence-electron chi connectivity index (χ2n) is 7.04. The minimum Gasteiger partial charge on any atom is -0.493 e. The molecule has 1 saturated carbocycles. The first-order valence-electron chi connectivity index (χ1n) is 10.2. The van der Waals surface area contributed by atoms with Crippen LogP contribution in [0.15, 0.2) is 24.3 Å². The van der Waals surface area contributed by atoms with E-state index >= 15 is 0 Å². The Labute approximate surface area is 167 Å². The molecule has 1 aliphatic rings. The summed E-state index contributed by atoms with van der Waals surface area (Å²) in [6.07, 6.45) is 10.0. The number of hydrogen-bond acceptors (Lipinski definition) is 4. The molecular formula is C22H32N2O4.